The number of rotatable bonds is 5. The molecule has 2 heterocycles. The van der Waals surface area contributed by atoms with Crippen molar-refractivity contribution < 1.29 is 9.90 Å². The first-order chi connectivity index (χ1) is 9.18. The van der Waals surface area contributed by atoms with E-state index in [1.165, 1.54) is 12.3 Å². The second-order valence-electron chi connectivity index (χ2n) is 3.86. The molecule has 6 heteroatoms. The van der Waals surface area contributed by atoms with Crippen LogP contribution in [0, 0.1) is 0 Å². The van der Waals surface area contributed by atoms with E-state index in [0.717, 1.165) is 12.0 Å². The zero-order valence-corrected chi connectivity index (χ0v) is 10.8. The highest BCUT2D eigenvalue weighted by molar-refractivity contribution is 6.35. The number of carbonyl (C=O) groups is 1. The van der Waals surface area contributed by atoms with Gasteiger partial charge >= 0.3 is 5.97 Å². The van der Waals surface area contributed by atoms with E-state index in [2.05, 4.69) is 15.3 Å². The van der Waals surface area contributed by atoms with Crippen molar-refractivity contribution in [1.29, 1.82) is 0 Å². The lowest BCUT2D eigenvalue weighted by Gasteiger charge is -2.08. The molecular weight excluding hydrogens is 266 g/mol. The predicted octanol–water partition coefficient (Wildman–Crippen LogP) is 2.48. The summed E-state index contributed by atoms with van der Waals surface area (Å²) in [5, 5.41) is 12.1. The van der Waals surface area contributed by atoms with Crippen molar-refractivity contribution in [2.24, 2.45) is 0 Å². The number of aromatic carboxylic acids is 1. The molecule has 0 spiro atoms. The van der Waals surface area contributed by atoms with Crippen molar-refractivity contribution >= 4 is 23.4 Å². The molecule has 98 valence electrons. The zero-order valence-electron chi connectivity index (χ0n) is 10.0. The van der Waals surface area contributed by atoms with Crippen molar-refractivity contribution in [3.63, 3.8) is 0 Å². The Morgan fingerprint density at radius 2 is 2.21 bits per heavy atom. The molecule has 19 heavy (non-hydrogen) atoms. The molecule has 2 N–H and O–H groups in total. The lowest BCUT2D eigenvalue weighted by molar-refractivity contribution is 0.0697. The SMILES string of the molecule is O=C(O)c1ccnc(NCCc2cccnc2)c1Cl. The van der Waals surface area contributed by atoms with Gasteiger partial charge in [0, 0.05) is 25.1 Å². The van der Waals surface area contributed by atoms with E-state index in [1.54, 1.807) is 12.4 Å². The summed E-state index contributed by atoms with van der Waals surface area (Å²) in [5.74, 6) is -0.687. The zero-order chi connectivity index (χ0) is 13.7. The molecule has 0 atom stereocenters. The maximum atomic E-state index is 10.9. The highest BCUT2D eigenvalue weighted by Crippen LogP contribution is 2.23. The smallest absolute Gasteiger partial charge is 0.337 e. The van der Waals surface area contributed by atoms with E-state index >= 15 is 0 Å². The molecule has 0 amide bonds. The van der Waals surface area contributed by atoms with Crippen molar-refractivity contribution in [3.05, 3.63) is 52.9 Å². The van der Waals surface area contributed by atoms with Crippen LogP contribution in [0.5, 0.6) is 0 Å². The molecule has 0 saturated heterocycles. The molecule has 0 aliphatic carbocycles. The topological polar surface area (TPSA) is 75.1 Å². The summed E-state index contributed by atoms with van der Waals surface area (Å²) in [7, 11) is 0. The second-order valence-corrected chi connectivity index (χ2v) is 4.24. The van der Waals surface area contributed by atoms with Gasteiger partial charge in [0.1, 0.15) is 5.82 Å². The monoisotopic (exact) mass is 277 g/mol. The molecule has 2 aromatic heterocycles. The molecule has 0 radical (unpaired) electrons. The van der Waals surface area contributed by atoms with Gasteiger partial charge in [-0.2, -0.15) is 0 Å². The van der Waals surface area contributed by atoms with Gasteiger partial charge in [-0.05, 0) is 24.1 Å². The Kier molecular flexibility index (Phi) is 4.30. The minimum atomic E-state index is -1.07. The Morgan fingerprint density at radius 1 is 1.37 bits per heavy atom. The number of halogens is 1. The standard InChI is InChI=1S/C13H12ClN3O2/c14-11-10(13(18)19)4-7-17-12(11)16-6-3-9-2-1-5-15-8-9/h1-2,4-5,7-8H,3,6H2,(H,16,17)(H,18,19). The van der Waals surface area contributed by atoms with Crippen LogP contribution in [-0.4, -0.2) is 27.6 Å². The third-order valence-electron chi connectivity index (χ3n) is 2.55. The van der Waals surface area contributed by atoms with Crippen LogP contribution in [0.15, 0.2) is 36.8 Å². The summed E-state index contributed by atoms with van der Waals surface area (Å²) in [6, 6.07) is 5.21. The first-order valence-corrected chi connectivity index (χ1v) is 6.07. The normalized spacial score (nSPS) is 10.2. The number of pyridine rings is 2. The molecule has 0 unspecified atom stereocenters. The van der Waals surface area contributed by atoms with E-state index in [-0.39, 0.29) is 10.6 Å². The van der Waals surface area contributed by atoms with Gasteiger partial charge in [0.05, 0.1) is 10.6 Å². The molecule has 0 saturated carbocycles. The fourth-order valence-electron chi connectivity index (χ4n) is 1.60. The number of aromatic nitrogens is 2. The number of hydrogen-bond acceptors (Lipinski definition) is 4. The van der Waals surface area contributed by atoms with Gasteiger partial charge in [-0.25, -0.2) is 9.78 Å². The third-order valence-corrected chi connectivity index (χ3v) is 2.93. The molecule has 0 aliphatic heterocycles. The van der Waals surface area contributed by atoms with Gasteiger partial charge in [-0.3, -0.25) is 4.98 Å². The Balaban J connectivity index is 2.00. The van der Waals surface area contributed by atoms with Gasteiger partial charge in [0.15, 0.2) is 0 Å². The molecule has 0 aliphatic rings. The maximum Gasteiger partial charge on any atom is 0.337 e. The summed E-state index contributed by atoms with van der Waals surface area (Å²) >= 11 is 5.97. The number of hydrogen-bond donors (Lipinski definition) is 2. The molecule has 0 aromatic carbocycles. The quantitative estimate of drug-likeness (QED) is 0.878. The molecule has 2 aromatic rings. The first kappa shape index (κ1) is 13.3. The summed E-state index contributed by atoms with van der Waals surface area (Å²) in [6.45, 7) is 0.599. The van der Waals surface area contributed by atoms with Crippen LogP contribution in [0.2, 0.25) is 5.02 Å². The second kappa shape index (κ2) is 6.15. The van der Waals surface area contributed by atoms with Crippen LogP contribution in [0.3, 0.4) is 0 Å². The summed E-state index contributed by atoms with van der Waals surface area (Å²) in [5.41, 5.74) is 1.13. The van der Waals surface area contributed by atoms with Crippen LogP contribution in [0.25, 0.3) is 0 Å². The van der Waals surface area contributed by atoms with Crippen LogP contribution < -0.4 is 5.32 Å². The van der Waals surface area contributed by atoms with Crippen LogP contribution in [-0.2, 0) is 6.42 Å². The summed E-state index contributed by atoms with van der Waals surface area (Å²) in [4.78, 5) is 19.0. The average Bonchev–Trinajstić information content (AvgIpc) is 2.41. The third kappa shape index (κ3) is 3.42. The van der Waals surface area contributed by atoms with E-state index in [0.29, 0.717) is 12.4 Å². The van der Waals surface area contributed by atoms with Gasteiger partial charge in [0.25, 0.3) is 0 Å². The van der Waals surface area contributed by atoms with Gasteiger partial charge < -0.3 is 10.4 Å². The van der Waals surface area contributed by atoms with Crippen molar-refractivity contribution in [3.8, 4) is 0 Å². The Morgan fingerprint density at radius 3 is 2.89 bits per heavy atom. The molecule has 0 bridgehead atoms. The highest BCUT2D eigenvalue weighted by Gasteiger charge is 2.12. The predicted molar refractivity (Wildman–Crippen MR) is 72.6 cm³/mol. The van der Waals surface area contributed by atoms with Gasteiger partial charge in [-0.15, -0.1) is 0 Å². The van der Waals surface area contributed by atoms with Crippen LogP contribution >= 0.6 is 11.6 Å². The van der Waals surface area contributed by atoms with Crippen molar-refractivity contribution in [1.82, 2.24) is 9.97 Å². The number of nitrogens with zero attached hydrogens (tertiary/aromatic N) is 2. The highest BCUT2D eigenvalue weighted by atomic mass is 35.5. The summed E-state index contributed by atoms with van der Waals surface area (Å²) in [6.07, 6.45) is 5.67. The van der Waals surface area contributed by atoms with Crippen molar-refractivity contribution in [2.45, 2.75) is 6.42 Å². The molecule has 2 rings (SSSR count). The molecule has 0 fully saturated rings. The number of nitrogens with one attached hydrogen (secondary N) is 1. The number of carboxylic acids is 1. The Labute approximate surface area is 115 Å². The van der Waals surface area contributed by atoms with Crippen LogP contribution in [0.1, 0.15) is 15.9 Å². The lowest BCUT2D eigenvalue weighted by atomic mass is 10.2. The maximum absolute atomic E-state index is 10.9. The van der Waals surface area contributed by atoms with Crippen molar-refractivity contribution in [2.75, 3.05) is 11.9 Å². The molecule has 5 nitrogen and oxygen atoms in total. The number of anilines is 1. The van der Waals surface area contributed by atoms with Gasteiger partial charge in [0.2, 0.25) is 0 Å². The minimum absolute atomic E-state index is 0.0422. The first-order valence-electron chi connectivity index (χ1n) is 5.69. The fraction of sp³-hybridized carbons (Fsp3) is 0.154. The van der Waals surface area contributed by atoms with Crippen LogP contribution in [0.4, 0.5) is 5.82 Å². The van der Waals surface area contributed by atoms with Gasteiger partial charge in [-0.1, -0.05) is 17.7 Å². The van der Waals surface area contributed by atoms with E-state index in [9.17, 15) is 4.79 Å². The van der Waals surface area contributed by atoms with E-state index < -0.39 is 5.97 Å². The largest absolute Gasteiger partial charge is 0.478 e. The number of carboxylic acid groups (broad SMARTS) is 1. The van der Waals surface area contributed by atoms with E-state index in [4.69, 9.17) is 16.7 Å². The Bertz CT molecular complexity index is 575. The molecular formula is C13H12ClN3O2. The average molecular weight is 278 g/mol. The lowest BCUT2D eigenvalue weighted by Crippen LogP contribution is -2.09. The minimum Gasteiger partial charge on any atom is -0.478 e. The van der Waals surface area contributed by atoms with E-state index in [1.807, 2.05) is 12.1 Å². The summed E-state index contributed by atoms with van der Waals surface area (Å²) < 4.78 is 0. The Hall–Kier alpha value is -2.14. The fourth-order valence-corrected chi connectivity index (χ4v) is 1.86.